The second kappa shape index (κ2) is 6.99. The molecule has 0 unspecified atom stereocenters. The molecule has 0 spiro atoms. The quantitative estimate of drug-likeness (QED) is 0.607. The fraction of sp³-hybridized carbons (Fsp3) is 0.154. The fourth-order valence-electron chi connectivity index (χ4n) is 4.48. The number of hydrogen-bond donors (Lipinski definition) is 0. The van der Waals surface area contributed by atoms with Crippen LogP contribution in [-0.4, -0.2) is 18.4 Å². The number of fused-ring (bicyclic) bond motifs is 1. The molecule has 3 aromatic rings. The predicted molar refractivity (Wildman–Crippen MR) is 119 cm³/mol. The molecule has 0 aromatic heterocycles. The van der Waals surface area contributed by atoms with Gasteiger partial charge in [-0.2, -0.15) is 0 Å². The molecule has 0 fully saturated rings. The van der Waals surface area contributed by atoms with E-state index in [1.807, 2.05) is 85.5 Å². The Balaban J connectivity index is 1.69. The third-order valence-corrected chi connectivity index (χ3v) is 5.87. The van der Waals surface area contributed by atoms with Gasteiger partial charge in [0.05, 0.1) is 11.3 Å². The van der Waals surface area contributed by atoms with Crippen LogP contribution in [0.4, 0.5) is 11.4 Å². The normalized spacial score (nSPS) is 15.9. The maximum absolute atomic E-state index is 13.7. The SMILES string of the molecule is Cc1ccc(N2C(=O)C(c3ccccc3)=C(N3CCc4ccccc43)C2=O)c(C)c1. The molecule has 3 aromatic carbocycles. The van der Waals surface area contributed by atoms with E-state index in [-0.39, 0.29) is 11.8 Å². The minimum Gasteiger partial charge on any atom is -0.336 e. The van der Waals surface area contributed by atoms with Crippen molar-refractivity contribution in [3.8, 4) is 0 Å². The van der Waals surface area contributed by atoms with Crippen LogP contribution in [0.1, 0.15) is 22.3 Å². The highest BCUT2D eigenvalue weighted by molar-refractivity contribution is 6.46. The second-order valence-corrected chi connectivity index (χ2v) is 7.86. The Morgan fingerprint density at radius 1 is 0.767 bits per heavy atom. The van der Waals surface area contributed by atoms with Crippen molar-refractivity contribution in [2.75, 3.05) is 16.3 Å². The number of rotatable bonds is 3. The molecule has 30 heavy (non-hydrogen) atoms. The number of hydrogen-bond acceptors (Lipinski definition) is 3. The topological polar surface area (TPSA) is 40.6 Å². The lowest BCUT2D eigenvalue weighted by Gasteiger charge is -2.22. The van der Waals surface area contributed by atoms with Crippen LogP contribution in [0.2, 0.25) is 0 Å². The van der Waals surface area contributed by atoms with E-state index in [9.17, 15) is 9.59 Å². The molecule has 0 aliphatic carbocycles. The van der Waals surface area contributed by atoms with Crippen LogP contribution in [-0.2, 0) is 16.0 Å². The summed E-state index contributed by atoms with van der Waals surface area (Å²) < 4.78 is 0. The summed E-state index contributed by atoms with van der Waals surface area (Å²) in [5.74, 6) is -0.528. The average Bonchev–Trinajstić information content (AvgIpc) is 3.27. The first-order chi connectivity index (χ1) is 14.6. The van der Waals surface area contributed by atoms with E-state index in [0.29, 0.717) is 23.5 Å². The number of para-hydroxylation sites is 1. The van der Waals surface area contributed by atoms with E-state index in [2.05, 4.69) is 6.07 Å². The molecule has 0 radical (unpaired) electrons. The zero-order valence-corrected chi connectivity index (χ0v) is 17.1. The van der Waals surface area contributed by atoms with Crippen molar-refractivity contribution in [2.45, 2.75) is 20.3 Å². The van der Waals surface area contributed by atoms with Gasteiger partial charge in [0.15, 0.2) is 0 Å². The highest BCUT2D eigenvalue weighted by Gasteiger charge is 2.44. The van der Waals surface area contributed by atoms with Gasteiger partial charge < -0.3 is 4.90 Å². The summed E-state index contributed by atoms with van der Waals surface area (Å²) in [7, 11) is 0. The van der Waals surface area contributed by atoms with Gasteiger partial charge in [0, 0.05) is 12.2 Å². The molecule has 0 bridgehead atoms. The van der Waals surface area contributed by atoms with E-state index in [1.165, 1.54) is 10.5 Å². The number of aryl methyl sites for hydroxylation is 2. The molecule has 5 rings (SSSR count). The number of amides is 2. The number of anilines is 2. The Kier molecular flexibility index (Phi) is 4.28. The van der Waals surface area contributed by atoms with Crippen molar-refractivity contribution < 1.29 is 9.59 Å². The summed E-state index contributed by atoms with van der Waals surface area (Å²) in [6.07, 6.45) is 0.854. The Morgan fingerprint density at radius 3 is 2.27 bits per heavy atom. The minimum absolute atomic E-state index is 0.262. The number of carbonyl (C=O) groups excluding carboxylic acids is 2. The van der Waals surface area contributed by atoms with Gasteiger partial charge in [0.1, 0.15) is 5.70 Å². The molecule has 4 heteroatoms. The van der Waals surface area contributed by atoms with Gasteiger partial charge in [-0.05, 0) is 49.1 Å². The first kappa shape index (κ1) is 18.4. The lowest BCUT2D eigenvalue weighted by molar-refractivity contribution is -0.120. The van der Waals surface area contributed by atoms with Crippen LogP contribution in [0, 0.1) is 13.8 Å². The van der Waals surface area contributed by atoms with E-state index in [4.69, 9.17) is 0 Å². The number of nitrogens with zero attached hydrogens (tertiary/aromatic N) is 2. The molecule has 2 amide bonds. The second-order valence-electron chi connectivity index (χ2n) is 7.86. The highest BCUT2D eigenvalue weighted by Crippen LogP contribution is 2.40. The highest BCUT2D eigenvalue weighted by atomic mass is 16.2. The van der Waals surface area contributed by atoms with E-state index < -0.39 is 0 Å². The standard InChI is InChI=1S/C26H22N2O2/c1-17-12-13-21(18(2)16-17)28-25(29)23(20-9-4-3-5-10-20)24(26(28)30)27-15-14-19-8-6-7-11-22(19)27/h3-13,16H,14-15H2,1-2H3. The largest absolute Gasteiger partial charge is 0.336 e. The van der Waals surface area contributed by atoms with Crippen molar-refractivity contribution >= 4 is 28.8 Å². The summed E-state index contributed by atoms with van der Waals surface area (Å²) in [6, 6.07) is 23.4. The van der Waals surface area contributed by atoms with E-state index in [1.54, 1.807) is 0 Å². The van der Waals surface area contributed by atoms with Gasteiger partial charge in [-0.15, -0.1) is 0 Å². The molecule has 148 valence electrons. The minimum atomic E-state index is -0.266. The maximum Gasteiger partial charge on any atom is 0.282 e. The van der Waals surface area contributed by atoms with Crippen LogP contribution in [0.25, 0.3) is 5.57 Å². The maximum atomic E-state index is 13.7. The lowest BCUT2D eigenvalue weighted by Crippen LogP contribution is -2.35. The number of benzene rings is 3. The van der Waals surface area contributed by atoms with Gasteiger partial charge >= 0.3 is 0 Å². The van der Waals surface area contributed by atoms with Crippen LogP contribution in [0.3, 0.4) is 0 Å². The van der Waals surface area contributed by atoms with Crippen LogP contribution in [0.15, 0.2) is 78.5 Å². The predicted octanol–water partition coefficient (Wildman–Crippen LogP) is 4.65. The summed E-state index contributed by atoms with van der Waals surface area (Å²) in [5.41, 5.74) is 6.56. The summed E-state index contributed by atoms with van der Waals surface area (Å²) >= 11 is 0. The zero-order chi connectivity index (χ0) is 20.8. The van der Waals surface area contributed by atoms with Crippen LogP contribution in [0.5, 0.6) is 0 Å². The Morgan fingerprint density at radius 2 is 1.50 bits per heavy atom. The Hall–Kier alpha value is -3.66. The molecule has 0 N–H and O–H groups in total. The van der Waals surface area contributed by atoms with Crippen LogP contribution < -0.4 is 9.80 Å². The number of imide groups is 1. The van der Waals surface area contributed by atoms with E-state index >= 15 is 0 Å². The summed E-state index contributed by atoms with van der Waals surface area (Å²) in [4.78, 5) is 30.7. The Bertz CT molecular complexity index is 1210. The van der Waals surface area contributed by atoms with Crippen molar-refractivity contribution in [3.05, 3.63) is 101 Å². The van der Waals surface area contributed by atoms with Gasteiger partial charge in [-0.1, -0.05) is 66.2 Å². The van der Waals surface area contributed by atoms with Gasteiger partial charge in [0.25, 0.3) is 11.8 Å². The van der Waals surface area contributed by atoms with Gasteiger partial charge in [-0.3, -0.25) is 9.59 Å². The molecule has 0 atom stereocenters. The fourth-order valence-corrected chi connectivity index (χ4v) is 4.48. The van der Waals surface area contributed by atoms with Crippen LogP contribution >= 0.6 is 0 Å². The average molecular weight is 394 g/mol. The molecular formula is C26H22N2O2. The van der Waals surface area contributed by atoms with Gasteiger partial charge in [-0.25, -0.2) is 4.90 Å². The van der Waals surface area contributed by atoms with Crippen molar-refractivity contribution in [3.63, 3.8) is 0 Å². The van der Waals surface area contributed by atoms with Crippen molar-refractivity contribution in [2.24, 2.45) is 0 Å². The zero-order valence-electron chi connectivity index (χ0n) is 17.1. The molecule has 0 saturated carbocycles. The molecule has 0 saturated heterocycles. The molecule has 2 aliphatic rings. The van der Waals surface area contributed by atoms with Gasteiger partial charge in [0.2, 0.25) is 0 Å². The van der Waals surface area contributed by atoms with Crippen molar-refractivity contribution in [1.29, 1.82) is 0 Å². The first-order valence-corrected chi connectivity index (χ1v) is 10.2. The molecular weight excluding hydrogens is 372 g/mol. The number of carbonyl (C=O) groups is 2. The monoisotopic (exact) mass is 394 g/mol. The van der Waals surface area contributed by atoms with Crippen molar-refractivity contribution in [1.82, 2.24) is 0 Å². The Labute approximate surface area is 176 Å². The third kappa shape index (κ3) is 2.76. The lowest BCUT2D eigenvalue weighted by atomic mass is 10.0. The molecule has 4 nitrogen and oxygen atoms in total. The van der Waals surface area contributed by atoms with E-state index in [0.717, 1.165) is 28.8 Å². The summed E-state index contributed by atoms with van der Waals surface area (Å²) in [6.45, 7) is 4.63. The molecule has 2 heterocycles. The first-order valence-electron chi connectivity index (χ1n) is 10.2. The summed E-state index contributed by atoms with van der Waals surface area (Å²) in [5, 5.41) is 0. The smallest absolute Gasteiger partial charge is 0.282 e. The third-order valence-electron chi connectivity index (χ3n) is 5.87. The molecule has 2 aliphatic heterocycles.